The molecule has 0 atom stereocenters. The molecule has 2 nitrogen and oxygen atoms in total. The van der Waals surface area contributed by atoms with Crippen molar-refractivity contribution in [2.75, 3.05) is 18.1 Å². The van der Waals surface area contributed by atoms with Crippen LogP contribution in [0.15, 0.2) is 0 Å². The molecule has 0 aliphatic rings. The van der Waals surface area contributed by atoms with Gasteiger partial charge in [-0.05, 0) is 12.8 Å². The molecule has 0 unspecified atom stereocenters. The van der Waals surface area contributed by atoms with Crippen molar-refractivity contribution in [2.24, 2.45) is 0 Å². The molecule has 0 spiro atoms. The van der Waals surface area contributed by atoms with Gasteiger partial charge in [-0.3, -0.25) is 4.79 Å². The van der Waals surface area contributed by atoms with E-state index in [9.17, 15) is 4.79 Å². The van der Waals surface area contributed by atoms with E-state index in [-0.39, 0.29) is 5.91 Å². The molecule has 1 N–H and O–H groups in total. The molecule has 0 heterocycles. The lowest BCUT2D eigenvalue weighted by atomic mass is 10.1. The van der Waals surface area contributed by atoms with E-state index >= 15 is 0 Å². The van der Waals surface area contributed by atoms with Gasteiger partial charge in [0.25, 0.3) is 0 Å². The van der Waals surface area contributed by atoms with E-state index in [4.69, 9.17) is 0 Å². The van der Waals surface area contributed by atoms with Gasteiger partial charge in [-0.1, -0.05) is 67.5 Å². The molecule has 0 aromatic heterocycles. The zero-order chi connectivity index (χ0) is 13.5. The Balaban J connectivity index is 3.01. The molecule has 0 aromatic carbocycles. The lowest BCUT2D eigenvalue weighted by molar-refractivity contribution is -0.120. The van der Waals surface area contributed by atoms with E-state index in [2.05, 4.69) is 12.2 Å². The van der Waals surface area contributed by atoms with Gasteiger partial charge in [0, 0.05) is 24.5 Å². The van der Waals surface area contributed by atoms with E-state index in [0.29, 0.717) is 6.42 Å². The molecule has 0 radical (unpaired) electrons. The fourth-order valence-corrected chi connectivity index (χ4v) is 3.66. The Hall–Kier alpha value is 0.170. The summed E-state index contributed by atoms with van der Waals surface area (Å²) in [6.45, 7) is 5.10. The average molecular weight is 292 g/mol. The van der Waals surface area contributed by atoms with Gasteiger partial charge in [0.1, 0.15) is 0 Å². The number of rotatable bonds is 13. The van der Waals surface area contributed by atoms with Gasteiger partial charge < -0.3 is 5.32 Å². The van der Waals surface area contributed by atoms with Crippen LogP contribution in [0.4, 0.5) is 0 Å². The molecule has 0 fully saturated rings. The first-order chi connectivity index (χ1) is 8.81. The lowest BCUT2D eigenvalue weighted by Crippen LogP contribution is -2.24. The molecule has 0 rings (SSSR count). The van der Waals surface area contributed by atoms with Crippen LogP contribution in [0.5, 0.6) is 0 Å². The smallest absolute Gasteiger partial charge is 0.220 e. The summed E-state index contributed by atoms with van der Waals surface area (Å²) >= 11 is 0. The summed E-state index contributed by atoms with van der Waals surface area (Å²) in [5, 5.41) is 2.94. The third-order valence-corrected chi connectivity index (χ3v) is 5.14. The first-order valence-electron chi connectivity index (χ1n) is 7.32. The van der Waals surface area contributed by atoms with Crippen LogP contribution in [-0.4, -0.2) is 24.0 Å². The van der Waals surface area contributed by atoms with Crippen molar-refractivity contribution >= 4 is 27.5 Å². The third kappa shape index (κ3) is 14.2. The van der Waals surface area contributed by atoms with E-state index in [1.165, 1.54) is 44.3 Å². The second-order valence-corrected chi connectivity index (χ2v) is 7.21. The highest BCUT2D eigenvalue weighted by atomic mass is 33.1. The van der Waals surface area contributed by atoms with Gasteiger partial charge in [-0.25, -0.2) is 0 Å². The number of hydrogen-bond acceptors (Lipinski definition) is 3. The summed E-state index contributed by atoms with van der Waals surface area (Å²) in [5.41, 5.74) is 0. The Morgan fingerprint density at radius 3 is 2.28 bits per heavy atom. The SMILES string of the molecule is CCCCCCCCSSCCNC(=O)CCC. The van der Waals surface area contributed by atoms with Gasteiger partial charge in [0.15, 0.2) is 0 Å². The van der Waals surface area contributed by atoms with Crippen molar-refractivity contribution in [3.8, 4) is 0 Å². The summed E-state index contributed by atoms with van der Waals surface area (Å²) in [4.78, 5) is 11.2. The first kappa shape index (κ1) is 18.2. The number of unbranched alkanes of at least 4 members (excludes halogenated alkanes) is 5. The number of amides is 1. The second kappa shape index (κ2) is 15.2. The quantitative estimate of drug-likeness (QED) is 0.396. The number of carbonyl (C=O) groups is 1. The van der Waals surface area contributed by atoms with Crippen LogP contribution in [0, 0.1) is 0 Å². The van der Waals surface area contributed by atoms with Gasteiger partial charge in [-0.2, -0.15) is 0 Å². The third-order valence-electron chi connectivity index (χ3n) is 2.65. The average Bonchev–Trinajstić information content (AvgIpc) is 2.36. The summed E-state index contributed by atoms with van der Waals surface area (Å²) in [5.74, 6) is 2.47. The molecule has 4 heteroatoms. The van der Waals surface area contributed by atoms with Gasteiger partial charge >= 0.3 is 0 Å². The monoisotopic (exact) mass is 291 g/mol. The van der Waals surface area contributed by atoms with Crippen LogP contribution in [-0.2, 0) is 4.79 Å². The summed E-state index contributed by atoms with van der Waals surface area (Å²) in [6, 6.07) is 0. The molecule has 108 valence electrons. The predicted molar refractivity (Wildman–Crippen MR) is 86.2 cm³/mol. The zero-order valence-corrected chi connectivity index (χ0v) is 13.6. The van der Waals surface area contributed by atoms with Crippen molar-refractivity contribution in [1.29, 1.82) is 0 Å². The van der Waals surface area contributed by atoms with E-state index < -0.39 is 0 Å². The highest BCUT2D eigenvalue weighted by molar-refractivity contribution is 8.76. The molecule has 0 saturated carbocycles. The maximum atomic E-state index is 11.2. The van der Waals surface area contributed by atoms with Crippen molar-refractivity contribution in [2.45, 2.75) is 65.2 Å². The fraction of sp³-hybridized carbons (Fsp3) is 0.929. The molecular formula is C14H29NOS2. The molecule has 0 aliphatic heterocycles. The van der Waals surface area contributed by atoms with Crippen LogP contribution in [0.2, 0.25) is 0 Å². The Morgan fingerprint density at radius 2 is 1.56 bits per heavy atom. The molecular weight excluding hydrogens is 262 g/mol. The van der Waals surface area contributed by atoms with Crippen LogP contribution in [0.1, 0.15) is 65.2 Å². The highest BCUT2D eigenvalue weighted by Gasteiger charge is 1.97. The Bertz CT molecular complexity index is 189. The molecule has 0 aliphatic carbocycles. The van der Waals surface area contributed by atoms with Crippen molar-refractivity contribution in [3.63, 3.8) is 0 Å². The maximum Gasteiger partial charge on any atom is 0.220 e. The largest absolute Gasteiger partial charge is 0.355 e. The van der Waals surface area contributed by atoms with Crippen LogP contribution in [0.25, 0.3) is 0 Å². The molecule has 0 bridgehead atoms. The lowest BCUT2D eigenvalue weighted by Gasteiger charge is -2.04. The Morgan fingerprint density at radius 1 is 0.889 bits per heavy atom. The van der Waals surface area contributed by atoms with E-state index in [1.807, 2.05) is 28.5 Å². The fourth-order valence-electron chi connectivity index (χ4n) is 1.61. The Kier molecular flexibility index (Phi) is 15.4. The van der Waals surface area contributed by atoms with E-state index in [0.717, 1.165) is 18.7 Å². The highest BCUT2D eigenvalue weighted by Crippen LogP contribution is 2.22. The topological polar surface area (TPSA) is 29.1 Å². The van der Waals surface area contributed by atoms with Crippen molar-refractivity contribution in [1.82, 2.24) is 5.32 Å². The van der Waals surface area contributed by atoms with Crippen LogP contribution < -0.4 is 5.32 Å². The standard InChI is InChI=1S/C14H29NOS2/c1-3-5-6-7-8-9-12-17-18-13-11-15-14(16)10-4-2/h3-13H2,1-2H3,(H,15,16). The van der Waals surface area contributed by atoms with Crippen molar-refractivity contribution < 1.29 is 4.79 Å². The minimum atomic E-state index is 0.194. The Labute approximate surface area is 121 Å². The molecule has 18 heavy (non-hydrogen) atoms. The van der Waals surface area contributed by atoms with Crippen LogP contribution >= 0.6 is 21.6 Å². The number of carbonyl (C=O) groups excluding carboxylic acids is 1. The van der Waals surface area contributed by atoms with Gasteiger partial charge in [-0.15, -0.1) is 0 Å². The molecule has 1 amide bonds. The second-order valence-electron chi connectivity index (χ2n) is 4.51. The summed E-state index contributed by atoms with van der Waals surface area (Å²) in [6.07, 6.45) is 9.82. The summed E-state index contributed by atoms with van der Waals surface area (Å²) in [7, 11) is 3.83. The predicted octanol–water partition coefficient (Wildman–Crippen LogP) is 4.64. The van der Waals surface area contributed by atoms with Crippen LogP contribution in [0.3, 0.4) is 0 Å². The maximum absolute atomic E-state index is 11.2. The minimum Gasteiger partial charge on any atom is -0.355 e. The molecule has 0 saturated heterocycles. The summed E-state index contributed by atoms with van der Waals surface area (Å²) < 4.78 is 0. The van der Waals surface area contributed by atoms with Crippen molar-refractivity contribution in [3.05, 3.63) is 0 Å². The number of hydrogen-bond donors (Lipinski definition) is 1. The minimum absolute atomic E-state index is 0.194. The number of nitrogens with one attached hydrogen (secondary N) is 1. The van der Waals surface area contributed by atoms with Gasteiger partial charge in [0.2, 0.25) is 5.91 Å². The normalized spacial score (nSPS) is 10.6. The first-order valence-corrected chi connectivity index (χ1v) is 9.81. The van der Waals surface area contributed by atoms with E-state index in [1.54, 1.807) is 0 Å². The van der Waals surface area contributed by atoms with Gasteiger partial charge in [0.05, 0.1) is 0 Å². The molecule has 0 aromatic rings. The zero-order valence-electron chi connectivity index (χ0n) is 12.0.